The fourth-order valence-electron chi connectivity index (χ4n) is 1.79. The predicted octanol–water partition coefficient (Wildman–Crippen LogP) is 4.41. The molecule has 0 unspecified atom stereocenters. The third-order valence-electron chi connectivity index (χ3n) is 2.66. The van der Waals surface area contributed by atoms with Gasteiger partial charge in [-0.1, -0.05) is 51.5 Å². The summed E-state index contributed by atoms with van der Waals surface area (Å²) in [6, 6.07) is 14.9. The Labute approximate surface area is 121 Å². The van der Waals surface area contributed by atoms with Crippen LogP contribution in [0.1, 0.15) is 11.1 Å². The Bertz CT molecular complexity index is 540. The first-order valence-corrected chi connectivity index (χ1v) is 7.53. The highest BCUT2D eigenvalue weighted by atomic mass is 79.9. The van der Waals surface area contributed by atoms with Gasteiger partial charge in [-0.3, -0.25) is 0 Å². The first-order valence-electron chi connectivity index (χ1n) is 5.92. The Morgan fingerprint density at radius 3 is 2.72 bits per heavy atom. The van der Waals surface area contributed by atoms with Gasteiger partial charge in [0.2, 0.25) is 0 Å². The van der Waals surface area contributed by atoms with Crippen LogP contribution < -0.4 is 5.73 Å². The van der Waals surface area contributed by atoms with Crippen LogP contribution in [0.3, 0.4) is 0 Å². The van der Waals surface area contributed by atoms with Crippen molar-refractivity contribution in [2.45, 2.75) is 23.1 Å². The minimum absolute atomic E-state index is 0.684. The summed E-state index contributed by atoms with van der Waals surface area (Å²) in [7, 11) is 0. The van der Waals surface area contributed by atoms with Gasteiger partial charge in [-0.25, -0.2) is 0 Å². The molecule has 0 radical (unpaired) electrons. The lowest BCUT2D eigenvalue weighted by atomic mass is 10.1. The van der Waals surface area contributed by atoms with Crippen molar-refractivity contribution in [2.75, 3.05) is 6.54 Å². The molecule has 2 N–H and O–H groups in total. The molecule has 94 valence electrons. The fraction of sp³-hybridized carbons (Fsp3) is 0.200. The smallest absolute Gasteiger partial charge is 0.0186 e. The maximum atomic E-state index is 5.66. The van der Waals surface area contributed by atoms with E-state index in [4.69, 9.17) is 5.73 Å². The van der Waals surface area contributed by atoms with Gasteiger partial charge in [-0.2, -0.15) is 0 Å². The molecule has 0 heterocycles. The van der Waals surface area contributed by atoms with E-state index in [1.807, 2.05) is 0 Å². The van der Waals surface area contributed by atoms with Gasteiger partial charge in [0, 0.05) is 14.3 Å². The van der Waals surface area contributed by atoms with Crippen LogP contribution in [0.15, 0.2) is 56.7 Å². The van der Waals surface area contributed by atoms with Crippen molar-refractivity contribution < 1.29 is 0 Å². The lowest BCUT2D eigenvalue weighted by Gasteiger charge is -2.09. The highest BCUT2D eigenvalue weighted by Crippen LogP contribution is 2.33. The van der Waals surface area contributed by atoms with Gasteiger partial charge in [0.25, 0.3) is 0 Å². The van der Waals surface area contributed by atoms with E-state index in [-0.39, 0.29) is 0 Å². The van der Waals surface area contributed by atoms with Gasteiger partial charge in [0.15, 0.2) is 0 Å². The van der Waals surface area contributed by atoms with Crippen LogP contribution in [-0.4, -0.2) is 6.54 Å². The highest BCUT2D eigenvalue weighted by molar-refractivity contribution is 9.10. The van der Waals surface area contributed by atoms with Crippen molar-refractivity contribution in [1.82, 2.24) is 0 Å². The number of hydrogen-bond donors (Lipinski definition) is 1. The van der Waals surface area contributed by atoms with Gasteiger partial charge in [0.1, 0.15) is 0 Å². The summed E-state index contributed by atoms with van der Waals surface area (Å²) in [5, 5.41) is 0. The molecule has 0 aliphatic carbocycles. The lowest BCUT2D eigenvalue weighted by Crippen LogP contribution is -2.03. The molecule has 0 saturated heterocycles. The molecule has 1 nitrogen and oxygen atoms in total. The zero-order valence-electron chi connectivity index (χ0n) is 10.3. The van der Waals surface area contributed by atoms with Crippen LogP contribution >= 0.6 is 27.7 Å². The zero-order chi connectivity index (χ0) is 13.0. The summed E-state index contributed by atoms with van der Waals surface area (Å²) in [6.45, 7) is 2.80. The Morgan fingerprint density at radius 2 is 2.00 bits per heavy atom. The molecule has 2 aromatic rings. The molecule has 0 amide bonds. The molecule has 0 atom stereocenters. The van der Waals surface area contributed by atoms with Crippen molar-refractivity contribution in [3.8, 4) is 0 Å². The van der Waals surface area contributed by atoms with Crippen LogP contribution in [-0.2, 0) is 6.42 Å². The minimum Gasteiger partial charge on any atom is -0.330 e. The van der Waals surface area contributed by atoms with E-state index >= 15 is 0 Å². The maximum Gasteiger partial charge on any atom is 0.0186 e. The largest absolute Gasteiger partial charge is 0.330 e. The fourth-order valence-corrected chi connectivity index (χ4v) is 3.44. The van der Waals surface area contributed by atoms with Crippen molar-refractivity contribution in [1.29, 1.82) is 0 Å². The molecule has 0 fully saturated rings. The molecule has 2 rings (SSSR count). The number of hydrogen-bond acceptors (Lipinski definition) is 2. The van der Waals surface area contributed by atoms with Gasteiger partial charge in [0.05, 0.1) is 0 Å². The van der Waals surface area contributed by atoms with E-state index < -0.39 is 0 Å². The molecule has 0 aliphatic rings. The van der Waals surface area contributed by atoms with Gasteiger partial charge >= 0.3 is 0 Å². The predicted molar refractivity (Wildman–Crippen MR) is 82.2 cm³/mol. The first kappa shape index (κ1) is 13.7. The van der Waals surface area contributed by atoms with Crippen molar-refractivity contribution >= 4 is 27.7 Å². The summed E-state index contributed by atoms with van der Waals surface area (Å²) >= 11 is 5.33. The summed E-state index contributed by atoms with van der Waals surface area (Å²) < 4.78 is 1.11. The quantitative estimate of drug-likeness (QED) is 0.902. The third-order valence-corrected chi connectivity index (χ3v) is 4.24. The van der Waals surface area contributed by atoms with Gasteiger partial charge in [-0.15, -0.1) is 0 Å². The van der Waals surface area contributed by atoms with Gasteiger partial charge in [-0.05, 0) is 49.7 Å². The van der Waals surface area contributed by atoms with E-state index in [1.165, 1.54) is 20.9 Å². The number of aryl methyl sites for hydroxylation is 1. The number of rotatable bonds is 4. The normalized spacial score (nSPS) is 10.6. The second kappa shape index (κ2) is 6.41. The standard InChI is InChI=1S/C15H16BrNS/c1-11-3-2-4-14(9-11)18-15-10-13(16)6-5-12(15)7-8-17/h2-6,9-10H,7-8,17H2,1H3. The summed E-state index contributed by atoms with van der Waals surface area (Å²) in [4.78, 5) is 2.55. The zero-order valence-corrected chi connectivity index (χ0v) is 12.7. The molecule has 0 bridgehead atoms. The van der Waals surface area contributed by atoms with E-state index in [2.05, 4.69) is 65.3 Å². The number of halogens is 1. The summed E-state index contributed by atoms with van der Waals surface area (Å²) in [5.74, 6) is 0. The number of nitrogens with two attached hydrogens (primary N) is 1. The average Bonchev–Trinajstić information content (AvgIpc) is 2.33. The molecule has 0 aliphatic heterocycles. The third kappa shape index (κ3) is 3.61. The first-order chi connectivity index (χ1) is 8.69. The number of benzene rings is 2. The van der Waals surface area contributed by atoms with Gasteiger partial charge < -0.3 is 5.73 Å². The average molecular weight is 322 g/mol. The van der Waals surface area contributed by atoms with Crippen LogP contribution in [0.5, 0.6) is 0 Å². The van der Waals surface area contributed by atoms with Crippen molar-refractivity contribution in [3.05, 3.63) is 58.1 Å². The Morgan fingerprint density at radius 1 is 1.17 bits per heavy atom. The molecule has 2 aromatic carbocycles. The molecule has 0 spiro atoms. The molecule has 0 saturated carbocycles. The molecule has 0 aromatic heterocycles. The van der Waals surface area contributed by atoms with Crippen LogP contribution in [0.25, 0.3) is 0 Å². The van der Waals surface area contributed by atoms with E-state index in [0.29, 0.717) is 6.54 Å². The SMILES string of the molecule is Cc1cccc(Sc2cc(Br)ccc2CCN)c1. The van der Waals surface area contributed by atoms with E-state index in [9.17, 15) is 0 Å². The molecular formula is C15H16BrNS. The summed E-state index contributed by atoms with van der Waals surface area (Å²) in [5.41, 5.74) is 8.26. The molecular weight excluding hydrogens is 306 g/mol. The topological polar surface area (TPSA) is 26.0 Å². The second-order valence-corrected chi connectivity index (χ2v) is 6.24. The minimum atomic E-state index is 0.684. The van der Waals surface area contributed by atoms with E-state index in [0.717, 1.165) is 10.9 Å². The second-order valence-electron chi connectivity index (χ2n) is 4.21. The maximum absolute atomic E-state index is 5.66. The van der Waals surface area contributed by atoms with Crippen LogP contribution in [0.2, 0.25) is 0 Å². The Hall–Kier alpha value is -0.770. The van der Waals surface area contributed by atoms with Crippen molar-refractivity contribution in [3.63, 3.8) is 0 Å². The summed E-state index contributed by atoms with van der Waals surface area (Å²) in [6.07, 6.45) is 0.918. The highest BCUT2D eigenvalue weighted by Gasteiger charge is 2.05. The van der Waals surface area contributed by atoms with Crippen LogP contribution in [0.4, 0.5) is 0 Å². The van der Waals surface area contributed by atoms with Crippen molar-refractivity contribution in [2.24, 2.45) is 5.73 Å². The Kier molecular flexibility index (Phi) is 4.87. The van der Waals surface area contributed by atoms with E-state index in [1.54, 1.807) is 11.8 Å². The van der Waals surface area contributed by atoms with Crippen LogP contribution in [0, 0.1) is 6.92 Å². The molecule has 3 heteroatoms. The monoisotopic (exact) mass is 321 g/mol. The lowest BCUT2D eigenvalue weighted by molar-refractivity contribution is 0.943. The molecule has 18 heavy (non-hydrogen) atoms. The Balaban J connectivity index is 2.29.